The molecule has 0 aliphatic heterocycles. The Hall–Kier alpha value is -2.14. The first-order valence-electron chi connectivity index (χ1n) is 10.3. The van der Waals surface area contributed by atoms with Gasteiger partial charge in [-0.25, -0.2) is 4.98 Å². The molecule has 0 saturated heterocycles. The van der Waals surface area contributed by atoms with Crippen molar-refractivity contribution < 1.29 is 9.90 Å². The van der Waals surface area contributed by atoms with Crippen molar-refractivity contribution in [3.05, 3.63) is 86.9 Å². The molecule has 0 unspecified atom stereocenters. The summed E-state index contributed by atoms with van der Waals surface area (Å²) < 4.78 is 1.88. The Labute approximate surface area is 186 Å². The maximum atomic E-state index is 13.4. The monoisotopic (exact) mass is 442 g/mol. The Morgan fingerprint density at radius 2 is 1.97 bits per heavy atom. The van der Waals surface area contributed by atoms with Gasteiger partial charge in [0.05, 0.1) is 10.0 Å². The van der Waals surface area contributed by atoms with E-state index >= 15 is 0 Å². The van der Waals surface area contributed by atoms with Gasteiger partial charge < -0.3 is 9.67 Å². The highest BCUT2D eigenvalue weighted by atomic mass is 35.5. The van der Waals surface area contributed by atoms with Gasteiger partial charge in [-0.1, -0.05) is 47.5 Å². The number of aliphatic hydroxyl groups excluding tert-OH is 1. The zero-order valence-electron chi connectivity index (χ0n) is 16.7. The molecule has 156 valence electrons. The molecule has 4 rings (SSSR count). The van der Waals surface area contributed by atoms with Crippen LogP contribution in [0.2, 0.25) is 10.0 Å². The third-order valence-corrected chi connectivity index (χ3v) is 6.61. The number of aliphatic hydroxyl groups is 1. The van der Waals surface area contributed by atoms with Gasteiger partial charge in [-0.05, 0) is 60.9 Å². The van der Waals surface area contributed by atoms with Crippen LogP contribution in [0.15, 0.2) is 48.8 Å². The van der Waals surface area contributed by atoms with Crippen molar-refractivity contribution in [3.63, 3.8) is 0 Å². The minimum Gasteiger partial charge on any atom is -0.396 e. The van der Waals surface area contributed by atoms with Crippen LogP contribution in [0.4, 0.5) is 0 Å². The molecule has 0 fully saturated rings. The number of aromatic nitrogens is 2. The molecule has 6 heteroatoms. The predicted molar refractivity (Wildman–Crippen MR) is 120 cm³/mol. The normalized spacial score (nSPS) is 14.4. The first kappa shape index (κ1) is 21.1. The second-order valence-electron chi connectivity index (χ2n) is 7.77. The van der Waals surface area contributed by atoms with Gasteiger partial charge in [0.15, 0.2) is 5.82 Å². The molecule has 1 heterocycles. The summed E-state index contributed by atoms with van der Waals surface area (Å²) in [6.07, 6.45) is 8.28. The Kier molecular flexibility index (Phi) is 6.57. The quantitative estimate of drug-likeness (QED) is 0.493. The van der Waals surface area contributed by atoms with Gasteiger partial charge in [0.1, 0.15) is 0 Å². The molecule has 0 bridgehead atoms. The topological polar surface area (TPSA) is 55.1 Å². The molecule has 1 aromatic heterocycles. The summed E-state index contributed by atoms with van der Waals surface area (Å²) in [7, 11) is 0. The smallest absolute Gasteiger partial charge is 0.228 e. The van der Waals surface area contributed by atoms with E-state index in [9.17, 15) is 9.90 Å². The highest BCUT2D eigenvalue weighted by Gasteiger charge is 2.23. The molecule has 0 amide bonds. The van der Waals surface area contributed by atoms with Gasteiger partial charge in [0.25, 0.3) is 0 Å². The number of carbonyl (C=O) groups excluding carboxylic acids is 1. The molecule has 1 aliphatic rings. The maximum absolute atomic E-state index is 13.4. The van der Waals surface area contributed by atoms with Crippen molar-refractivity contribution in [2.45, 2.75) is 44.6 Å². The summed E-state index contributed by atoms with van der Waals surface area (Å²) >= 11 is 12.3. The fourth-order valence-corrected chi connectivity index (χ4v) is 4.61. The van der Waals surface area contributed by atoms with E-state index in [4.69, 9.17) is 23.2 Å². The van der Waals surface area contributed by atoms with Crippen LogP contribution in [-0.4, -0.2) is 27.0 Å². The van der Waals surface area contributed by atoms with E-state index in [1.54, 1.807) is 12.3 Å². The number of nitrogens with zero attached hydrogens (tertiary/aromatic N) is 2. The SMILES string of the molecule is O=C(c1cccc2c1CCCC2)c1nccn1C[C@H](CCO)c1ccc(Cl)c(Cl)c1. The van der Waals surface area contributed by atoms with Crippen LogP contribution in [0.25, 0.3) is 0 Å². The number of rotatable bonds is 7. The number of halogens is 2. The number of imidazole rings is 1. The van der Waals surface area contributed by atoms with Crippen molar-refractivity contribution in [1.29, 1.82) is 0 Å². The number of aryl methyl sites for hydroxylation is 1. The van der Waals surface area contributed by atoms with Crippen LogP contribution in [0.1, 0.15) is 58.1 Å². The Morgan fingerprint density at radius 3 is 2.77 bits per heavy atom. The lowest BCUT2D eigenvalue weighted by atomic mass is 9.87. The molecule has 0 spiro atoms. The zero-order chi connectivity index (χ0) is 21.1. The highest BCUT2D eigenvalue weighted by Crippen LogP contribution is 2.30. The number of carbonyl (C=O) groups is 1. The standard InChI is InChI=1S/C24H24Cl2N2O2/c25-21-9-8-17(14-22(21)26)18(10-13-29)15-28-12-11-27-24(28)23(30)20-7-3-5-16-4-1-2-6-19(16)20/h3,5,7-9,11-12,14,18,29H,1-2,4,6,10,13,15H2/t18-/m0/s1. The summed E-state index contributed by atoms with van der Waals surface area (Å²) in [6, 6.07) is 11.5. The molecule has 30 heavy (non-hydrogen) atoms. The fraction of sp³-hybridized carbons (Fsp3) is 0.333. The van der Waals surface area contributed by atoms with Crippen LogP contribution < -0.4 is 0 Å². The van der Waals surface area contributed by atoms with Crippen LogP contribution in [0, 0.1) is 0 Å². The minimum absolute atomic E-state index is 0.0183. The van der Waals surface area contributed by atoms with Gasteiger partial charge in [-0.3, -0.25) is 4.79 Å². The lowest BCUT2D eigenvalue weighted by Crippen LogP contribution is -2.18. The van der Waals surface area contributed by atoms with Crippen molar-refractivity contribution in [2.24, 2.45) is 0 Å². The molecule has 3 aromatic rings. The number of benzene rings is 2. The first-order chi connectivity index (χ1) is 14.6. The molecule has 2 aromatic carbocycles. The number of fused-ring (bicyclic) bond motifs is 1. The maximum Gasteiger partial charge on any atom is 0.228 e. The van der Waals surface area contributed by atoms with Gasteiger partial charge in [0, 0.05) is 37.0 Å². The van der Waals surface area contributed by atoms with Crippen molar-refractivity contribution >= 4 is 29.0 Å². The van der Waals surface area contributed by atoms with E-state index in [2.05, 4.69) is 11.1 Å². The average Bonchev–Trinajstić information content (AvgIpc) is 3.22. The van der Waals surface area contributed by atoms with E-state index in [0.717, 1.165) is 30.4 Å². The van der Waals surface area contributed by atoms with Gasteiger partial charge >= 0.3 is 0 Å². The summed E-state index contributed by atoms with van der Waals surface area (Å²) in [6.45, 7) is 0.559. The Balaban J connectivity index is 1.64. The second-order valence-corrected chi connectivity index (χ2v) is 8.58. The van der Waals surface area contributed by atoms with Gasteiger partial charge in [-0.2, -0.15) is 0 Å². The lowest BCUT2D eigenvalue weighted by molar-refractivity contribution is 0.102. The van der Waals surface area contributed by atoms with Crippen LogP contribution >= 0.6 is 23.2 Å². The summed E-state index contributed by atoms with van der Waals surface area (Å²) in [4.78, 5) is 17.8. The highest BCUT2D eigenvalue weighted by molar-refractivity contribution is 6.42. The van der Waals surface area contributed by atoms with Gasteiger partial charge in [0.2, 0.25) is 5.78 Å². The first-order valence-corrected chi connectivity index (χ1v) is 11.1. The van der Waals surface area contributed by atoms with E-state index in [0.29, 0.717) is 28.8 Å². The van der Waals surface area contributed by atoms with Crippen molar-refractivity contribution in [2.75, 3.05) is 6.61 Å². The Morgan fingerprint density at radius 1 is 1.13 bits per heavy atom. The molecule has 1 atom stereocenters. The summed E-state index contributed by atoms with van der Waals surface area (Å²) in [5.41, 5.74) is 4.18. The fourth-order valence-electron chi connectivity index (χ4n) is 4.30. The third kappa shape index (κ3) is 4.31. The van der Waals surface area contributed by atoms with E-state index in [1.807, 2.05) is 35.0 Å². The molecular formula is C24H24Cl2N2O2. The predicted octanol–water partition coefficient (Wildman–Crippen LogP) is 5.47. The number of ketones is 1. The van der Waals surface area contributed by atoms with Crippen molar-refractivity contribution in [1.82, 2.24) is 9.55 Å². The van der Waals surface area contributed by atoms with Crippen LogP contribution in [0.5, 0.6) is 0 Å². The lowest BCUT2D eigenvalue weighted by Gasteiger charge is -2.20. The number of hydrogen-bond acceptors (Lipinski definition) is 3. The average molecular weight is 443 g/mol. The largest absolute Gasteiger partial charge is 0.396 e. The van der Waals surface area contributed by atoms with E-state index < -0.39 is 0 Å². The van der Waals surface area contributed by atoms with Crippen molar-refractivity contribution in [3.8, 4) is 0 Å². The number of hydrogen-bond donors (Lipinski definition) is 1. The second kappa shape index (κ2) is 9.34. The van der Waals surface area contributed by atoms with Crippen LogP contribution in [-0.2, 0) is 19.4 Å². The van der Waals surface area contributed by atoms with E-state index in [1.165, 1.54) is 17.5 Å². The molecule has 0 saturated carbocycles. The van der Waals surface area contributed by atoms with Crippen LogP contribution in [0.3, 0.4) is 0 Å². The molecule has 0 radical (unpaired) electrons. The summed E-state index contributed by atoms with van der Waals surface area (Å²) in [5.74, 6) is 0.364. The molecule has 1 aliphatic carbocycles. The Bertz CT molecular complexity index is 1060. The van der Waals surface area contributed by atoms with E-state index in [-0.39, 0.29) is 18.3 Å². The zero-order valence-corrected chi connectivity index (χ0v) is 18.2. The van der Waals surface area contributed by atoms with Gasteiger partial charge in [-0.15, -0.1) is 0 Å². The molecule has 4 nitrogen and oxygen atoms in total. The molecule has 1 N–H and O–H groups in total. The minimum atomic E-state index is -0.0457. The molecular weight excluding hydrogens is 419 g/mol. The third-order valence-electron chi connectivity index (χ3n) is 5.87. The summed E-state index contributed by atoms with van der Waals surface area (Å²) in [5, 5.41) is 10.6.